The molecule has 0 bridgehead atoms. The molecule has 0 aliphatic carbocycles. The van der Waals surface area contributed by atoms with Crippen molar-refractivity contribution >= 4 is 21.8 Å². The van der Waals surface area contributed by atoms with Crippen LogP contribution in [-0.4, -0.2) is 19.0 Å². The minimum absolute atomic E-state index is 0.0723. The van der Waals surface area contributed by atoms with Crippen molar-refractivity contribution in [1.82, 2.24) is 5.32 Å². The van der Waals surface area contributed by atoms with Gasteiger partial charge in [0.1, 0.15) is 0 Å². The van der Waals surface area contributed by atoms with Crippen LogP contribution >= 0.6 is 15.9 Å². The van der Waals surface area contributed by atoms with E-state index in [1.54, 1.807) is 0 Å². The highest BCUT2D eigenvalue weighted by atomic mass is 79.9. The highest BCUT2D eigenvalue weighted by Crippen LogP contribution is 2.24. The summed E-state index contributed by atoms with van der Waals surface area (Å²) < 4.78 is 1.06. The van der Waals surface area contributed by atoms with E-state index in [4.69, 9.17) is 5.73 Å². The molecule has 19 heavy (non-hydrogen) atoms. The van der Waals surface area contributed by atoms with Crippen molar-refractivity contribution in [3.8, 4) is 0 Å². The lowest BCUT2D eigenvalue weighted by Crippen LogP contribution is -2.37. The summed E-state index contributed by atoms with van der Waals surface area (Å²) in [6, 6.07) is 8.21. The van der Waals surface area contributed by atoms with Gasteiger partial charge in [0.05, 0.1) is 0 Å². The first kappa shape index (κ1) is 16.2. The molecule has 3 nitrogen and oxygen atoms in total. The monoisotopic (exact) mass is 326 g/mol. The standard InChI is InChI=1S/C15H23BrN2O/c1-11(9-17)8-14(19)18-10-15(2,3)12-4-6-13(16)7-5-12/h4-7,11H,8-10,17H2,1-3H3,(H,18,19). The summed E-state index contributed by atoms with van der Waals surface area (Å²) in [7, 11) is 0. The van der Waals surface area contributed by atoms with Crippen molar-refractivity contribution in [2.45, 2.75) is 32.6 Å². The van der Waals surface area contributed by atoms with Gasteiger partial charge in [0.2, 0.25) is 5.91 Å². The molecular formula is C15H23BrN2O. The lowest BCUT2D eigenvalue weighted by molar-refractivity contribution is -0.122. The van der Waals surface area contributed by atoms with E-state index in [9.17, 15) is 4.79 Å². The van der Waals surface area contributed by atoms with Crippen molar-refractivity contribution in [2.24, 2.45) is 11.7 Å². The van der Waals surface area contributed by atoms with Gasteiger partial charge in [0, 0.05) is 22.9 Å². The quantitative estimate of drug-likeness (QED) is 0.844. The molecule has 3 N–H and O–H groups in total. The zero-order valence-electron chi connectivity index (χ0n) is 11.9. The smallest absolute Gasteiger partial charge is 0.220 e. The van der Waals surface area contributed by atoms with E-state index in [2.05, 4.69) is 47.2 Å². The topological polar surface area (TPSA) is 55.1 Å². The number of amides is 1. The van der Waals surface area contributed by atoms with Crippen LogP contribution in [0.5, 0.6) is 0 Å². The molecule has 0 aliphatic rings. The van der Waals surface area contributed by atoms with Crippen LogP contribution in [0.15, 0.2) is 28.7 Å². The van der Waals surface area contributed by atoms with Gasteiger partial charge in [-0.05, 0) is 30.2 Å². The van der Waals surface area contributed by atoms with E-state index in [1.807, 2.05) is 19.1 Å². The van der Waals surface area contributed by atoms with E-state index in [-0.39, 0.29) is 17.2 Å². The summed E-state index contributed by atoms with van der Waals surface area (Å²) >= 11 is 3.43. The SMILES string of the molecule is CC(CN)CC(=O)NCC(C)(C)c1ccc(Br)cc1. The summed E-state index contributed by atoms with van der Waals surface area (Å²) in [6.45, 7) is 7.42. The molecular weight excluding hydrogens is 304 g/mol. The molecule has 0 fully saturated rings. The number of carbonyl (C=O) groups is 1. The largest absolute Gasteiger partial charge is 0.355 e. The van der Waals surface area contributed by atoms with Crippen molar-refractivity contribution in [3.05, 3.63) is 34.3 Å². The molecule has 1 amide bonds. The molecule has 1 unspecified atom stereocenters. The minimum Gasteiger partial charge on any atom is -0.355 e. The van der Waals surface area contributed by atoms with Crippen molar-refractivity contribution in [1.29, 1.82) is 0 Å². The Balaban J connectivity index is 2.55. The lowest BCUT2D eigenvalue weighted by atomic mass is 9.84. The van der Waals surface area contributed by atoms with E-state index in [1.165, 1.54) is 5.56 Å². The molecule has 1 rings (SSSR count). The molecule has 4 heteroatoms. The van der Waals surface area contributed by atoms with Gasteiger partial charge in [-0.15, -0.1) is 0 Å². The van der Waals surface area contributed by atoms with E-state index >= 15 is 0 Å². The number of benzene rings is 1. The van der Waals surface area contributed by atoms with Crippen LogP contribution in [0, 0.1) is 5.92 Å². The molecule has 1 aromatic carbocycles. The zero-order chi connectivity index (χ0) is 14.5. The van der Waals surface area contributed by atoms with Gasteiger partial charge in [0.25, 0.3) is 0 Å². The predicted octanol–water partition coefficient (Wildman–Crippen LogP) is 2.83. The Bertz CT molecular complexity index is 415. The third-order valence-electron chi connectivity index (χ3n) is 3.29. The number of hydrogen-bond acceptors (Lipinski definition) is 2. The Hall–Kier alpha value is -0.870. The van der Waals surface area contributed by atoms with Crippen LogP contribution in [0.4, 0.5) is 0 Å². The fourth-order valence-corrected chi connectivity index (χ4v) is 2.06. The van der Waals surface area contributed by atoms with Gasteiger partial charge in [0.15, 0.2) is 0 Å². The van der Waals surface area contributed by atoms with Crippen molar-refractivity contribution in [3.63, 3.8) is 0 Å². The molecule has 0 saturated carbocycles. The first-order valence-corrected chi connectivity index (χ1v) is 7.37. The Morgan fingerprint density at radius 1 is 1.37 bits per heavy atom. The second-order valence-corrected chi connectivity index (χ2v) is 6.63. The maximum atomic E-state index is 11.8. The predicted molar refractivity (Wildman–Crippen MR) is 83.0 cm³/mol. The van der Waals surface area contributed by atoms with Gasteiger partial charge in [-0.2, -0.15) is 0 Å². The average molecular weight is 327 g/mol. The molecule has 1 aromatic rings. The molecule has 0 heterocycles. The van der Waals surface area contributed by atoms with Crippen molar-refractivity contribution < 1.29 is 4.79 Å². The van der Waals surface area contributed by atoms with Gasteiger partial charge >= 0.3 is 0 Å². The Morgan fingerprint density at radius 3 is 2.47 bits per heavy atom. The normalized spacial score (nSPS) is 13.1. The van der Waals surface area contributed by atoms with Gasteiger partial charge in [-0.3, -0.25) is 4.79 Å². The maximum Gasteiger partial charge on any atom is 0.220 e. The third kappa shape index (κ3) is 5.33. The molecule has 1 atom stereocenters. The van der Waals surface area contributed by atoms with Crippen molar-refractivity contribution in [2.75, 3.05) is 13.1 Å². The number of hydrogen-bond donors (Lipinski definition) is 2. The van der Waals surface area contributed by atoms with Crippen LogP contribution in [-0.2, 0) is 10.2 Å². The van der Waals surface area contributed by atoms with Crippen LogP contribution in [0.1, 0.15) is 32.8 Å². The number of halogens is 1. The molecule has 0 spiro atoms. The molecule has 0 radical (unpaired) electrons. The third-order valence-corrected chi connectivity index (χ3v) is 3.82. The van der Waals surface area contributed by atoms with E-state index in [0.717, 1.165) is 4.47 Å². The second-order valence-electron chi connectivity index (χ2n) is 5.71. The highest BCUT2D eigenvalue weighted by molar-refractivity contribution is 9.10. The van der Waals surface area contributed by atoms with E-state index < -0.39 is 0 Å². The van der Waals surface area contributed by atoms with Gasteiger partial charge in [-0.1, -0.05) is 48.8 Å². The Morgan fingerprint density at radius 2 is 1.95 bits per heavy atom. The van der Waals surface area contributed by atoms with Crippen LogP contribution in [0.25, 0.3) is 0 Å². The first-order chi connectivity index (χ1) is 8.85. The summed E-state index contributed by atoms with van der Waals surface area (Å²) in [6.07, 6.45) is 0.493. The molecule has 0 aromatic heterocycles. The lowest BCUT2D eigenvalue weighted by Gasteiger charge is -2.26. The summed E-state index contributed by atoms with van der Waals surface area (Å²) in [4.78, 5) is 11.8. The summed E-state index contributed by atoms with van der Waals surface area (Å²) in [5.41, 5.74) is 6.65. The van der Waals surface area contributed by atoms with E-state index in [0.29, 0.717) is 19.5 Å². The summed E-state index contributed by atoms with van der Waals surface area (Å²) in [5.74, 6) is 0.305. The zero-order valence-corrected chi connectivity index (χ0v) is 13.5. The minimum atomic E-state index is -0.0810. The molecule has 106 valence electrons. The van der Waals surface area contributed by atoms with Crippen LogP contribution in [0.3, 0.4) is 0 Å². The highest BCUT2D eigenvalue weighted by Gasteiger charge is 2.21. The Kier molecular flexibility index (Phi) is 6.01. The number of rotatable bonds is 6. The Labute approximate surface area is 124 Å². The second kappa shape index (κ2) is 7.06. The summed E-state index contributed by atoms with van der Waals surface area (Å²) in [5, 5.41) is 3.00. The molecule has 0 aliphatic heterocycles. The average Bonchev–Trinajstić information content (AvgIpc) is 2.37. The van der Waals surface area contributed by atoms with Gasteiger partial charge < -0.3 is 11.1 Å². The fraction of sp³-hybridized carbons (Fsp3) is 0.533. The van der Waals surface area contributed by atoms with Crippen LogP contribution < -0.4 is 11.1 Å². The molecule has 0 saturated heterocycles. The fourth-order valence-electron chi connectivity index (χ4n) is 1.79. The first-order valence-electron chi connectivity index (χ1n) is 6.58. The number of nitrogens with two attached hydrogens (primary N) is 1. The number of carbonyl (C=O) groups excluding carboxylic acids is 1. The van der Waals surface area contributed by atoms with Gasteiger partial charge in [-0.25, -0.2) is 0 Å². The maximum absolute atomic E-state index is 11.8. The number of nitrogens with one attached hydrogen (secondary N) is 1. The van der Waals surface area contributed by atoms with Crippen LogP contribution in [0.2, 0.25) is 0 Å².